The maximum Gasteiger partial charge on any atom is 2.00 e. The molecular formula is C27H15N3OPt. The minimum absolute atomic E-state index is 0. The van der Waals surface area contributed by atoms with Crippen LogP contribution in [0.5, 0.6) is 0 Å². The Bertz CT molecular complexity index is 1630. The second-order valence-corrected chi connectivity index (χ2v) is 7.40. The Morgan fingerprint density at radius 3 is 2.34 bits per heavy atom. The van der Waals surface area contributed by atoms with Gasteiger partial charge in [-0.1, -0.05) is 48.5 Å². The number of hydrogen-bond donors (Lipinski definition) is 0. The first-order valence-corrected chi connectivity index (χ1v) is 10.0. The first-order valence-electron chi connectivity index (χ1n) is 10.0. The molecular weight excluding hydrogens is 577 g/mol. The fraction of sp³-hybridized carbons (Fsp3) is 0. The summed E-state index contributed by atoms with van der Waals surface area (Å²) in [6.07, 6.45) is 1.78. The van der Waals surface area contributed by atoms with Gasteiger partial charge in [-0.25, -0.2) is 10.7 Å². The third-order valence-corrected chi connectivity index (χ3v) is 5.53. The van der Waals surface area contributed by atoms with Crippen molar-refractivity contribution in [1.82, 2.24) is 9.97 Å². The molecule has 32 heavy (non-hydrogen) atoms. The summed E-state index contributed by atoms with van der Waals surface area (Å²) < 4.78 is 0. The van der Waals surface area contributed by atoms with Crippen LogP contribution >= 0.6 is 0 Å². The summed E-state index contributed by atoms with van der Waals surface area (Å²) in [5.41, 5.74) is 2.53. The Morgan fingerprint density at radius 2 is 1.47 bits per heavy atom. The molecule has 0 radical (unpaired) electrons. The number of carbonyl (C=O) groups excluding carboxylic acids is 1. The van der Waals surface area contributed by atoms with Gasteiger partial charge in [0.25, 0.3) is 0 Å². The van der Waals surface area contributed by atoms with Crippen LogP contribution in [-0.4, -0.2) is 15.9 Å². The molecule has 5 heteroatoms. The maximum absolute atomic E-state index is 13.0. The van der Waals surface area contributed by atoms with Crippen molar-refractivity contribution < 1.29 is 25.9 Å². The van der Waals surface area contributed by atoms with Gasteiger partial charge in [0, 0.05) is 22.4 Å². The fourth-order valence-electron chi connectivity index (χ4n) is 4.05. The van der Waals surface area contributed by atoms with Crippen LogP contribution < -0.4 is 0 Å². The Kier molecular flexibility index (Phi) is 5.16. The van der Waals surface area contributed by atoms with Crippen molar-refractivity contribution in [2.45, 2.75) is 0 Å². The molecule has 0 unspecified atom stereocenters. The molecule has 0 aliphatic heterocycles. The summed E-state index contributed by atoms with van der Waals surface area (Å²) in [6, 6.07) is 30.4. The Balaban J connectivity index is 0.00000216. The number of amides is 1. The minimum atomic E-state index is -0.378. The van der Waals surface area contributed by atoms with Crippen molar-refractivity contribution in [2.24, 2.45) is 0 Å². The normalized spacial score (nSPS) is 11.0. The third kappa shape index (κ3) is 3.33. The maximum atomic E-state index is 13.0. The molecule has 2 heterocycles. The van der Waals surface area contributed by atoms with Gasteiger partial charge < -0.3 is 10.1 Å². The molecule has 154 valence electrons. The molecule has 4 nitrogen and oxygen atoms in total. The van der Waals surface area contributed by atoms with Crippen molar-refractivity contribution in [3.63, 3.8) is 0 Å². The largest absolute Gasteiger partial charge is 2.00 e. The van der Waals surface area contributed by atoms with Crippen LogP contribution in [-0.2, 0) is 21.1 Å². The molecule has 0 N–H and O–H groups in total. The second kappa shape index (κ2) is 8.14. The van der Waals surface area contributed by atoms with E-state index in [1.807, 2.05) is 60.7 Å². The van der Waals surface area contributed by atoms with Gasteiger partial charge in [0.15, 0.2) is 0 Å². The van der Waals surface area contributed by atoms with E-state index in [1.165, 1.54) is 0 Å². The predicted molar refractivity (Wildman–Crippen MR) is 125 cm³/mol. The van der Waals surface area contributed by atoms with Crippen LogP contribution in [0.25, 0.3) is 48.7 Å². The van der Waals surface area contributed by atoms with Gasteiger partial charge in [0.2, 0.25) is 0 Å². The van der Waals surface area contributed by atoms with Crippen molar-refractivity contribution in [3.8, 4) is 0 Å². The van der Waals surface area contributed by atoms with Crippen LogP contribution in [0.15, 0.2) is 91.1 Å². The number of carbonyl (C=O) groups is 1. The molecule has 2 aromatic heterocycles. The molecule has 0 fully saturated rings. The van der Waals surface area contributed by atoms with Gasteiger partial charge in [-0.05, 0) is 17.5 Å². The Morgan fingerprint density at radius 1 is 0.750 bits per heavy atom. The van der Waals surface area contributed by atoms with E-state index in [1.54, 1.807) is 12.3 Å². The van der Waals surface area contributed by atoms with Crippen molar-refractivity contribution in [2.75, 3.05) is 0 Å². The second-order valence-electron chi connectivity index (χ2n) is 7.40. The first-order chi connectivity index (χ1) is 15.3. The first kappa shape index (κ1) is 20.3. The smallest absolute Gasteiger partial charge is 0.665 e. The summed E-state index contributed by atoms with van der Waals surface area (Å²) in [5.74, 6) is -0.378. The van der Waals surface area contributed by atoms with E-state index in [2.05, 4.69) is 34.6 Å². The van der Waals surface area contributed by atoms with Crippen LogP contribution in [0, 0.1) is 6.07 Å². The molecule has 1 amide bonds. The van der Waals surface area contributed by atoms with Crippen LogP contribution in [0.2, 0.25) is 0 Å². The van der Waals surface area contributed by atoms with Gasteiger partial charge in [0.1, 0.15) is 0 Å². The van der Waals surface area contributed by atoms with Gasteiger partial charge in [-0.15, -0.1) is 35.7 Å². The zero-order valence-electron chi connectivity index (χ0n) is 16.7. The van der Waals surface area contributed by atoms with E-state index >= 15 is 0 Å². The number of rotatable bonds is 2. The molecule has 0 saturated heterocycles. The predicted octanol–water partition coefficient (Wildman–Crippen LogP) is 6.73. The quantitative estimate of drug-likeness (QED) is 0.166. The number of hydrogen-bond acceptors (Lipinski definition) is 3. The van der Waals surface area contributed by atoms with E-state index in [0.717, 1.165) is 43.4 Å². The summed E-state index contributed by atoms with van der Waals surface area (Å²) in [6.45, 7) is 0. The van der Waals surface area contributed by atoms with E-state index in [4.69, 9.17) is 4.98 Å². The molecule has 4 aromatic carbocycles. The number of aromatic nitrogens is 2. The Labute approximate surface area is 198 Å². The molecule has 6 rings (SSSR count). The molecule has 0 atom stereocenters. The van der Waals surface area contributed by atoms with E-state index < -0.39 is 0 Å². The summed E-state index contributed by atoms with van der Waals surface area (Å²) in [7, 11) is 0. The summed E-state index contributed by atoms with van der Waals surface area (Å²) in [4.78, 5) is 22.4. The van der Waals surface area contributed by atoms with Gasteiger partial charge >= 0.3 is 21.1 Å². The summed E-state index contributed by atoms with van der Waals surface area (Å²) >= 11 is 0. The topological polar surface area (TPSA) is 57.0 Å². The summed E-state index contributed by atoms with van der Waals surface area (Å²) in [5, 5.41) is 10.2. The number of benzene rings is 4. The van der Waals surface area contributed by atoms with Crippen LogP contribution in [0.1, 0.15) is 10.5 Å². The van der Waals surface area contributed by atoms with Crippen molar-refractivity contribution in [1.29, 1.82) is 0 Å². The van der Waals surface area contributed by atoms with Crippen molar-refractivity contribution in [3.05, 3.63) is 108 Å². The average Bonchev–Trinajstić information content (AvgIpc) is 2.83. The zero-order chi connectivity index (χ0) is 20.8. The van der Waals surface area contributed by atoms with E-state index in [0.29, 0.717) is 11.4 Å². The van der Waals surface area contributed by atoms with Crippen LogP contribution in [0.4, 0.5) is 5.69 Å². The SMILES string of the molecule is O=C([N-]c1cccc2ccc[c-]c12)c1ccc2ccc3ccc4cccnc4c3c2n1.[Pt+2]. The van der Waals surface area contributed by atoms with Crippen LogP contribution in [0.3, 0.4) is 0 Å². The molecule has 0 bridgehead atoms. The average molecular weight is 593 g/mol. The third-order valence-electron chi connectivity index (χ3n) is 5.53. The number of fused-ring (bicyclic) bond motifs is 6. The van der Waals surface area contributed by atoms with Gasteiger partial charge in [0.05, 0.1) is 22.6 Å². The minimum Gasteiger partial charge on any atom is -0.665 e. The zero-order valence-corrected chi connectivity index (χ0v) is 19.0. The van der Waals surface area contributed by atoms with E-state index in [9.17, 15) is 4.79 Å². The molecule has 0 spiro atoms. The van der Waals surface area contributed by atoms with Gasteiger partial charge in [-0.2, -0.15) is 5.39 Å². The number of nitrogens with zero attached hydrogens (tertiary/aromatic N) is 3. The molecule has 6 aromatic rings. The van der Waals surface area contributed by atoms with Gasteiger partial charge in [-0.3, -0.25) is 4.98 Å². The van der Waals surface area contributed by atoms with Crippen molar-refractivity contribution >= 4 is 54.9 Å². The molecule has 0 saturated carbocycles. The molecule has 0 aliphatic carbocycles. The van der Waals surface area contributed by atoms with E-state index in [-0.39, 0.29) is 27.0 Å². The standard InChI is InChI=1S/C27H16N3O.Pt/c31-27(30-22-9-3-6-17-5-1-2-8-21(17)22)23-15-14-20-13-11-18-10-12-19-7-4-16-28-25(19)24(18)26(20)29-23;/h1-7,9-16H,(H,30,31);/q-1;+2/p-1. The molecule has 0 aliphatic rings. The fourth-order valence-corrected chi connectivity index (χ4v) is 4.05. The number of pyridine rings is 2. The monoisotopic (exact) mass is 592 g/mol. The Hall–Kier alpha value is -3.62.